The van der Waals surface area contributed by atoms with Crippen molar-refractivity contribution in [3.05, 3.63) is 98.0 Å². The van der Waals surface area contributed by atoms with E-state index >= 15 is 4.39 Å². The molecule has 0 radical (unpaired) electrons. The maximum atomic E-state index is 16.2. The molecule has 2 saturated heterocycles. The third-order valence-electron chi connectivity index (χ3n) is 19.1. The number of allylic oxidation sites excluding steroid dienone is 2. The number of fused-ring (bicyclic) bond motifs is 15. The molecule has 22 heteroatoms. The van der Waals surface area contributed by atoms with Crippen molar-refractivity contribution in [1.82, 2.24) is 14.7 Å². The van der Waals surface area contributed by atoms with Gasteiger partial charge in [0.1, 0.15) is 28.9 Å². The van der Waals surface area contributed by atoms with Crippen LogP contribution in [0.15, 0.2) is 58.3 Å². The predicted octanol–water partition coefficient (Wildman–Crippen LogP) is 7.84. The zero-order valence-corrected chi connectivity index (χ0v) is 50.3. The second-order valence-corrected chi connectivity index (χ2v) is 24.9. The number of aryl methyl sites for hydroxylation is 1. The van der Waals surface area contributed by atoms with Crippen molar-refractivity contribution in [2.45, 2.75) is 155 Å². The molecule has 0 spiro atoms. The number of carbonyl (C=O) groups excluding carboxylic acids is 3. The van der Waals surface area contributed by atoms with E-state index in [1.165, 1.54) is 69.9 Å². The predicted molar refractivity (Wildman–Crippen MR) is 319 cm³/mol. The number of amides is 1. The van der Waals surface area contributed by atoms with Crippen LogP contribution in [0.3, 0.4) is 0 Å². The standard InChI is InChI=1S/C64H79FN6O15/c1-30-12-11-13-31(2)60(79)67-49-43(27-66-70-23-17-40(18-24-70)68-64(20-21-64)39-16-22-69(28-39)51-33(4)50-41(38-14-15-38)26-42(62(81)82)61(80)71(50)29-44(51)65)55(76)46-47(56(49)77)54(75)36(7)58-48(46)59(78)63(9,86-58)84-25-19-45(83-10)32(3)57(85-37(8)72)35(6)53(74)34(5)52(30)73/h11-13,19,25-27,29-30,32,34-35,38-40,45,52-53,57,68,73-77H,14-18,20-24,28H2,1-10H3,(H,67,79)(H,81,82)/t30-,32+,34+,35+,39+,45-,52-,53+,57+,63-/m0/s1. The fourth-order valence-electron chi connectivity index (χ4n) is 13.7. The number of esters is 1. The van der Waals surface area contributed by atoms with Crippen LogP contribution in [0.25, 0.3) is 16.3 Å². The SMILES string of the molecule is CO[C@H]1C=CO[C@@]2(C)Oc3c(C)c(O)c4c(O)c(c(C=NN5CCC(NC6([C@@H]7CCN(c8c(F)cn9c(=O)c(C(=O)O)cc(C%10CC%10)c9c8C)C7)CC6)CC5)c(O)c4c3C2=O)NC(=O)C(C)=CC=C[C@H](C)[C@H](O)[C@@H](C)[C@@H](O)[C@@H](C)[C@H](OC(C)=O)[C@@H]1C. The highest BCUT2D eigenvalue weighted by atomic mass is 19.1. The normalized spacial score (nSPS) is 28.3. The maximum absolute atomic E-state index is 16.2. The summed E-state index contributed by atoms with van der Waals surface area (Å²) in [7, 11) is 1.43. The number of aromatic carboxylic acids is 1. The summed E-state index contributed by atoms with van der Waals surface area (Å²) in [4.78, 5) is 68.8. The zero-order valence-electron chi connectivity index (χ0n) is 50.3. The van der Waals surface area contributed by atoms with E-state index in [-0.39, 0.29) is 73.5 Å². The molecule has 10 atom stereocenters. The number of carboxylic acids is 1. The van der Waals surface area contributed by atoms with Crippen molar-refractivity contribution < 1.29 is 73.2 Å². The summed E-state index contributed by atoms with van der Waals surface area (Å²) in [5, 5.41) is 82.2. The van der Waals surface area contributed by atoms with Gasteiger partial charge in [-0.05, 0) is 101 Å². The smallest absolute Gasteiger partial charge is 0.341 e. The lowest BCUT2D eigenvalue weighted by Crippen LogP contribution is -2.49. The van der Waals surface area contributed by atoms with E-state index in [2.05, 4.69) is 15.5 Å². The second kappa shape index (κ2) is 23.6. The van der Waals surface area contributed by atoms with Gasteiger partial charge in [0, 0.05) is 98.9 Å². The first kappa shape index (κ1) is 61.6. The number of methoxy groups -OCH3 is 1. The van der Waals surface area contributed by atoms with Crippen molar-refractivity contribution in [2.75, 3.05) is 43.5 Å². The third kappa shape index (κ3) is 11.2. The number of hydrazone groups is 1. The van der Waals surface area contributed by atoms with Crippen LogP contribution < -0.4 is 25.8 Å². The van der Waals surface area contributed by atoms with Gasteiger partial charge in [0.25, 0.3) is 17.2 Å². The molecular formula is C64H79FN6O15. The minimum absolute atomic E-state index is 0.0203. The number of nitrogens with zero attached hydrogens (tertiary/aromatic N) is 4. The number of carboxylic acid groups (broad SMARTS) is 1. The van der Waals surface area contributed by atoms with Crippen molar-refractivity contribution >= 4 is 57.5 Å². The van der Waals surface area contributed by atoms with Gasteiger partial charge < -0.3 is 65.1 Å². The van der Waals surface area contributed by atoms with E-state index in [0.29, 0.717) is 55.8 Å². The van der Waals surface area contributed by atoms with Gasteiger partial charge in [0.2, 0.25) is 0 Å². The van der Waals surface area contributed by atoms with Gasteiger partial charge in [0.05, 0.1) is 70.4 Å². The Morgan fingerprint density at radius 2 is 1.59 bits per heavy atom. The van der Waals surface area contributed by atoms with Crippen LogP contribution in [0.5, 0.6) is 23.0 Å². The summed E-state index contributed by atoms with van der Waals surface area (Å²) in [5.41, 5.74) is 0.517. The van der Waals surface area contributed by atoms with E-state index in [1.54, 1.807) is 44.9 Å². The number of carbonyl (C=O) groups is 4. The number of aromatic nitrogens is 1. The largest absolute Gasteiger partial charge is 0.507 e. The fourth-order valence-corrected chi connectivity index (χ4v) is 13.7. The van der Waals surface area contributed by atoms with Crippen molar-refractivity contribution in [1.29, 1.82) is 0 Å². The first-order valence-electron chi connectivity index (χ1n) is 29.7. The van der Waals surface area contributed by atoms with Gasteiger partial charge in [-0.3, -0.25) is 28.6 Å². The quantitative estimate of drug-likeness (QED) is 0.0325. The van der Waals surface area contributed by atoms with Crippen LogP contribution in [0.4, 0.5) is 15.8 Å². The summed E-state index contributed by atoms with van der Waals surface area (Å²) in [6.45, 7) is 16.4. The summed E-state index contributed by atoms with van der Waals surface area (Å²) in [5.74, 6) is -10.5. The molecule has 86 heavy (non-hydrogen) atoms. The van der Waals surface area contributed by atoms with Crippen molar-refractivity contribution in [3.8, 4) is 23.0 Å². The molecule has 5 aliphatic heterocycles. The number of nitrogens with one attached hydrogen (secondary N) is 2. The first-order valence-corrected chi connectivity index (χ1v) is 29.7. The number of aliphatic hydroxyl groups excluding tert-OH is 2. The van der Waals surface area contributed by atoms with Gasteiger partial charge in [-0.1, -0.05) is 45.9 Å². The number of hydrogen-bond donors (Lipinski definition) is 8. The fraction of sp³-hybridized carbons (Fsp3) is 0.531. The van der Waals surface area contributed by atoms with Crippen LogP contribution in [-0.4, -0.2) is 145 Å². The Hall–Kier alpha value is -7.53. The van der Waals surface area contributed by atoms with Gasteiger partial charge in [-0.25, -0.2) is 9.18 Å². The van der Waals surface area contributed by atoms with Crippen LogP contribution in [0, 0.1) is 49.3 Å². The molecule has 2 saturated carbocycles. The number of pyridine rings is 2. The molecule has 1 amide bonds. The lowest BCUT2D eigenvalue weighted by molar-refractivity contribution is -0.160. The molecule has 0 unspecified atom stereocenters. The number of anilines is 2. The number of benzene rings is 2. The summed E-state index contributed by atoms with van der Waals surface area (Å²) < 4.78 is 41.3. The highest BCUT2D eigenvalue weighted by Crippen LogP contribution is 2.56. The minimum atomic E-state index is -2.11. The number of phenols is 3. The van der Waals surface area contributed by atoms with Gasteiger partial charge in [-0.15, -0.1) is 0 Å². The average Bonchev–Trinajstić information content (AvgIpc) is 1.54. The molecule has 2 aliphatic carbocycles. The maximum Gasteiger partial charge on any atom is 0.341 e. The van der Waals surface area contributed by atoms with Crippen molar-refractivity contribution in [3.63, 3.8) is 0 Å². The Morgan fingerprint density at radius 3 is 2.23 bits per heavy atom. The Morgan fingerprint density at radius 1 is 0.895 bits per heavy atom. The van der Waals surface area contributed by atoms with E-state index in [0.717, 1.165) is 43.9 Å². The Labute approximate surface area is 497 Å². The number of aliphatic hydroxyl groups is 2. The monoisotopic (exact) mass is 1190 g/mol. The Balaban J connectivity index is 0.922. The number of hydrogen-bond acceptors (Lipinski definition) is 18. The van der Waals surface area contributed by atoms with Crippen LogP contribution in [0.2, 0.25) is 0 Å². The highest BCUT2D eigenvalue weighted by Gasteiger charge is 2.53. The molecular weight excluding hydrogens is 1110 g/mol. The van der Waals surface area contributed by atoms with E-state index in [4.69, 9.17) is 24.0 Å². The van der Waals surface area contributed by atoms with Crippen LogP contribution >= 0.6 is 0 Å². The summed E-state index contributed by atoms with van der Waals surface area (Å²) in [6, 6.07) is 1.57. The average molecular weight is 1190 g/mol. The number of piperidine rings is 1. The minimum Gasteiger partial charge on any atom is -0.507 e. The Bertz CT molecular complexity index is 3600. The number of Topliss-reactive ketones (excluding diaryl/α,β-unsaturated/α-hetero) is 1. The van der Waals surface area contributed by atoms with Crippen molar-refractivity contribution in [2.24, 2.45) is 34.7 Å². The molecule has 5 bridgehead atoms. The summed E-state index contributed by atoms with van der Waals surface area (Å²) in [6.07, 6.45) is 11.6. The number of ether oxygens (including phenoxy) is 4. The molecule has 4 fully saturated rings. The topological polar surface area (TPSA) is 291 Å². The number of rotatable bonds is 10. The lowest BCUT2D eigenvalue weighted by Gasteiger charge is -2.38. The zero-order chi connectivity index (χ0) is 62.2. The van der Waals surface area contributed by atoms with Crippen LogP contribution in [-0.2, 0) is 23.8 Å². The molecule has 2 aromatic carbocycles. The van der Waals surface area contributed by atoms with E-state index < -0.39 is 106 Å². The van der Waals surface area contributed by atoms with Gasteiger partial charge >= 0.3 is 17.7 Å². The number of halogens is 1. The third-order valence-corrected chi connectivity index (χ3v) is 19.1. The number of ketones is 1. The molecule has 21 nitrogen and oxygen atoms in total. The molecule has 462 valence electrons. The van der Waals surface area contributed by atoms with E-state index in [1.807, 2.05) is 6.92 Å². The van der Waals surface area contributed by atoms with Crippen LogP contribution in [0.1, 0.15) is 142 Å². The Kier molecular flexibility index (Phi) is 16.9. The first-order chi connectivity index (χ1) is 40.7. The number of phenolic OH excluding ortho intramolecular Hbond substituents is 3. The molecule has 4 aromatic rings. The van der Waals surface area contributed by atoms with Gasteiger partial charge in [0.15, 0.2) is 11.6 Å². The number of aromatic hydroxyl groups is 3. The molecule has 11 rings (SSSR count). The summed E-state index contributed by atoms with van der Waals surface area (Å²) >= 11 is 0. The van der Waals surface area contributed by atoms with E-state index in [9.17, 15) is 54.6 Å². The van der Waals surface area contributed by atoms with Gasteiger partial charge in [-0.2, -0.15) is 5.10 Å². The highest BCUT2D eigenvalue weighted by molar-refractivity contribution is 6.24. The second-order valence-electron chi connectivity index (χ2n) is 24.9. The molecule has 2 aromatic heterocycles. The lowest BCUT2D eigenvalue weighted by atomic mass is 9.78. The molecule has 8 N–H and O–H groups in total. The molecule has 7 heterocycles. The molecule has 7 aliphatic rings.